The van der Waals surface area contributed by atoms with E-state index in [0.717, 1.165) is 19.4 Å². The van der Waals surface area contributed by atoms with Crippen molar-refractivity contribution in [2.45, 2.75) is 63.8 Å². The van der Waals surface area contributed by atoms with E-state index < -0.39 is 10.0 Å². The average molecular weight is 305 g/mol. The van der Waals surface area contributed by atoms with Crippen LogP contribution in [0.4, 0.5) is 0 Å². The topological polar surface area (TPSA) is 61.4 Å². The average Bonchev–Trinajstić information content (AvgIpc) is 3.18. The van der Waals surface area contributed by atoms with Gasteiger partial charge >= 0.3 is 0 Å². The smallest absolute Gasteiger partial charge is 0.215 e. The first-order valence-corrected chi connectivity index (χ1v) is 9.29. The van der Waals surface area contributed by atoms with Crippen LogP contribution in [0.1, 0.15) is 46.5 Å². The monoisotopic (exact) mass is 305 g/mol. The first-order valence-electron chi connectivity index (χ1n) is 7.75. The Bertz CT molecular complexity index is 367. The zero-order valence-electron chi connectivity index (χ0n) is 13.4. The molecule has 0 aromatic carbocycles. The van der Waals surface area contributed by atoms with Crippen LogP contribution in [0.15, 0.2) is 0 Å². The summed E-state index contributed by atoms with van der Waals surface area (Å²) >= 11 is 0. The number of hydrogen-bond acceptors (Lipinski definition) is 4. The molecule has 20 heavy (non-hydrogen) atoms. The molecule has 0 radical (unpaired) electrons. The van der Waals surface area contributed by atoms with E-state index in [1.54, 1.807) is 6.92 Å². The minimum absolute atomic E-state index is 0.360. The third-order valence-corrected chi connectivity index (χ3v) is 5.76. The number of unbranched alkanes of at least 4 members (excludes halogenated alkanes) is 1. The fourth-order valence-corrected chi connectivity index (χ4v) is 2.86. The lowest BCUT2D eigenvalue weighted by Gasteiger charge is -2.20. The van der Waals surface area contributed by atoms with E-state index in [-0.39, 0.29) is 5.25 Å². The molecule has 1 unspecified atom stereocenters. The van der Waals surface area contributed by atoms with E-state index in [1.165, 1.54) is 12.8 Å². The van der Waals surface area contributed by atoms with Gasteiger partial charge in [0.15, 0.2) is 0 Å². The van der Waals surface area contributed by atoms with Gasteiger partial charge < -0.3 is 10.2 Å². The summed E-state index contributed by atoms with van der Waals surface area (Å²) in [6.45, 7) is 8.20. The molecular weight excluding hydrogens is 274 g/mol. The molecule has 1 aliphatic carbocycles. The molecule has 0 saturated heterocycles. The lowest BCUT2D eigenvalue weighted by atomic mass is 10.2. The molecule has 0 aromatic rings. The van der Waals surface area contributed by atoms with E-state index >= 15 is 0 Å². The van der Waals surface area contributed by atoms with Crippen LogP contribution in [-0.2, 0) is 10.0 Å². The second kappa shape index (κ2) is 8.32. The van der Waals surface area contributed by atoms with E-state index in [1.807, 2.05) is 0 Å². The van der Waals surface area contributed by atoms with Gasteiger partial charge in [-0.1, -0.05) is 0 Å². The van der Waals surface area contributed by atoms with Crippen molar-refractivity contribution in [3.8, 4) is 0 Å². The molecule has 0 aliphatic heterocycles. The second-order valence-electron chi connectivity index (χ2n) is 6.21. The van der Waals surface area contributed by atoms with Gasteiger partial charge in [0.1, 0.15) is 0 Å². The van der Waals surface area contributed by atoms with Crippen LogP contribution in [0.2, 0.25) is 0 Å². The maximum Gasteiger partial charge on any atom is 0.215 e. The summed E-state index contributed by atoms with van der Waals surface area (Å²) in [7, 11) is -1.07. The summed E-state index contributed by atoms with van der Waals surface area (Å²) in [6, 6.07) is 1.10. The molecule has 2 N–H and O–H groups in total. The molecule has 1 atom stereocenters. The van der Waals surface area contributed by atoms with Crippen LogP contribution < -0.4 is 10.0 Å². The highest BCUT2D eigenvalue weighted by atomic mass is 32.2. The van der Waals surface area contributed by atoms with Gasteiger partial charge in [0.25, 0.3) is 0 Å². The normalized spacial score (nSPS) is 17.9. The van der Waals surface area contributed by atoms with E-state index in [9.17, 15) is 8.42 Å². The molecule has 5 nitrogen and oxygen atoms in total. The zero-order valence-corrected chi connectivity index (χ0v) is 14.2. The standard InChI is InChI=1S/C14H31N3O2S/c1-12(2)17(4)10-6-5-9-16-20(18,19)13(3)11-15-14-7-8-14/h12-16H,5-11H2,1-4H3. The predicted octanol–water partition coefficient (Wildman–Crippen LogP) is 1.17. The van der Waals surface area contributed by atoms with Crippen LogP contribution in [0, 0.1) is 0 Å². The highest BCUT2D eigenvalue weighted by Gasteiger charge is 2.25. The Morgan fingerprint density at radius 3 is 2.40 bits per heavy atom. The predicted molar refractivity (Wildman–Crippen MR) is 84.4 cm³/mol. The van der Waals surface area contributed by atoms with Crippen LogP contribution >= 0.6 is 0 Å². The maximum atomic E-state index is 12.0. The Kier molecular flexibility index (Phi) is 7.43. The Balaban J connectivity index is 2.12. The molecule has 0 bridgehead atoms. The van der Waals surface area contributed by atoms with Gasteiger partial charge in [-0.15, -0.1) is 0 Å². The highest BCUT2D eigenvalue weighted by molar-refractivity contribution is 7.90. The third-order valence-electron chi connectivity index (χ3n) is 3.92. The molecule has 0 aromatic heterocycles. The van der Waals surface area contributed by atoms with Gasteiger partial charge in [-0.3, -0.25) is 0 Å². The number of nitrogens with zero attached hydrogens (tertiary/aromatic N) is 1. The summed E-state index contributed by atoms with van der Waals surface area (Å²) in [4.78, 5) is 2.27. The largest absolute Gasteiger partial charge is 0.313 e. The lowest BCUT2D eigenvalue weighted by Crippen LogP contribution is -2.40. The van der Waals surface area contributed by atoms with Crippen molar-refractivity contribution < 1.29 is 8.42 Å². The van der Waals surface area contributed by atoms with Crippen molar-refractivity contribution in [2.24, 2.45) is 0 Å². The molecule has 1 rings (SSSR count). The summed E-state index contributed by atoms with van der Waals surface area (Å²) < 4.78 is 26.7. The summed E-state index contributed by atoms with van der Waals surface area (Å²) in [6.07, 6.45) is 4.28. The molecule has 1 saturated carbocycles. The van der Waals surface area contributed by atoms with E-state index in [4.69, 9.17) is 0 Å². The Labute approximate surface area is 124 Å². The van der Waals surface area contributed by atoms with Crippen LogP contribution in [-0.4, -0.2) is 57.3 Å². The zero-order chi connectivity index (χ0) is 15.2. The number of rotatable bonds is 11. The van der Waals surface area contributed by atoms with Gasteiger partial charge in [-0.05, 0) is 60.0 Å². The van der Waals surface area contributed by atoms with Crippen LogP contribution in [0.25, 0.3) is 0 Å². The molecule has 120 valence electrons. The maximum absolute atomic E-state index is 12.0. The molecule has 6 heteroatoms. The summed E-state index contributed by atoms with van der Waals surface area (Å²) in [5, 5.41) is 2.91. The van der Waals surface area contributed by atoms with Crippen molar-refractivity contribution in [2.75, 3.05) is 26.7 Å². The first kappa shape index (κ1) is 17.9. The fraction of sp³-hybridized carbons (Fsp3) is 1.00. The van der Waals surface area contributed by atoms with Gasteiger partial charge in [0, 0.05) is 25.2 Å². The number of hydrogen-bond donors (Lipinski definition) is 2. The van der Waals surface area contributed by atoms with Gasteiger partial charge in [-0.2, -0.15) is 0 Å². The molecule has 0 spiro atoms. The van der Waals surface area contributed by atoms with Gasteiger partial charge in [-0.25, -0.2) is 13.1 Å². The minimum atomic E-state index is -3.17. The summed E-state index contributed by atoms with van der Waals surface area (Å²) in [5.41, 5.74) is 0. The van der Waals surface area contributed by atoms with Crippen LogP contribution in [0.3, 0.4) is 0 Å². The second-order valence-corrected chi connectivity index (χ2v) is 8.40. The molecule has 1 fully saturated rings. The fourth-order valence-electron chi connectivity index (χ4n) is 1.83. The molecular formula is C14H31N3O2S. The highest BCUT2D eigenvalue weighted by Crippen LogP contribution is 2.18. The third kappa shape index (κ3) is 7.02. The van der Waals surface area contributed by atoms with Crippen molar-refractivity contribution in [1.29, 1.82) is 0 Å². The number of sulfonamides is 1. The summed E-state index contributed by atoms with van der Waals surface area (Å²) in [5.74, 6) is 0. The van der Waals surface area contributed by atoms with Crippen molar-refractivity contribution in [1.82, 2.24) is 14.9 Å². The molecule has 0 heterocycles. The van der Waals surface area contributed by atoms with Crippen LogP contribution in [0.5, 0.6) is 0 Å². The first-order chi connectivity index (χ1) is 9.33. The van der Waals surface area contributed by atoms with E-state index in [0.29, 0.717) is 25.2 Å². The van der Waals surface area contributed by atoms with Gasteiger partial charge in [0.2, 0.25) is 10.0 Å². The Morgan fingerprint density at radius 2 is 1.85 bits per heavy atom. The Hall–Kier alpha value is -0.170. The SMILES string of the molecule is CC(C)N(C)CCCCNS(=O)(=O)C(C)CNC1CC1. The van der Waals surface area contributed by atoms with Gasteiger partial charge in [0.05, 0.1) is 5.25 Å². The lowest BCUT2D eigenvalue weighted by molar-refractivity contribution is 0.268. The number of nitrogens with one attached hydrogen (secondary N) is 2. The van der Waals surface area contributed by atoms with Crippen molar-refractivity contribution >= 4 is 10.0 Å². The quantitative estimate of drug-likeness (QED) is 0.563. The minimum Gasteiger partial charge on any atom is -0.313 e. The Morgan fingerprint density at radius 1 is 1.20 bits per heavy atom. The van der Waals surface area contributed by atoms with Crippen molar-refractivity contribution in [3.05, 3.63) is 0 Å². The van der Waals surface area contributed by atoms with E-state index in [2.05, 4.69) is 35.8 Å². The molecule has 1 aliphatic rings. The molecule has 0 amide bonds. The van der Waals surface area contributed by atoms with Crippen molar-refractivity contribution in [3.63, 3.8) is 0 Å².